The summed E-state index contributed by atoms with van der Waals surface area (Å²) in [6.45, 7) is 11.4. The first-order chi connectivity index (χ1) is 15.8. The molecule has 0 radical (unpaired) electrons. The SMILES string of the molecule is C/C=C\C(NC(=O)c1csc(Nc2ccsc2C(=O)O)n1)=C(/C)N(C)CCC(C)CN.CC. The fourth-order valence-electron chi connectivity index (χ4n) is 2.63. The number of thiophene rings is 1. The molecule has 0 saturated heterocycles. The van der Waals surface area contributed by atoms with E-state index in [1.165, 1.54) is 11.3 Å². The first-order valence-corrected chi connectivity index (χ1v) is 12.6. The number of aromatic carboxylic acids is 1. The van der Waals surface area contributed by atoms with Gasteiger partial charge in [0.1, 0.15) is 10.6 Å². The van der Waals surface area contributed by atoms with Crippen molar-refractivity contribution in [1.29, 1.82) is 0 Å². The summed E-state index contributed by atoms with van der Waals surface area (Å²) in [7, 11) is 1.99. The summed E-state index contributed by atoms with van der Waals surface area (Å²) in [5, 5.41) is 18.9. The molecule has 1 atom stereocenters. The zero-order valence-corrected chi connectivity index (χ0v) is 21.8. The highest BCUT2D eigenvalue weighted by atomic mass is 32.1. The molecule has 2 aromatic heterocycles. The molecule has 0 aliphatic rings. The van der Waals surface area contributed by atoms with E-state index < -0.39 is 5.97 Å². The zero-order chi connectivity index (χ0) is 25.0. The smallest absolute Gasteiger partial charge is 0.348 e. The molecule has 5 N–H and O–H groups in total. The van der Waals surface area contributed by atoms with Gasteiger partial charge in [-0.25, -0.2) is 9.78 Å². The summed E-state index contributed by atoms with van der Waals surface area (Å²) in [6, 6.07) is 1.67. The zero-order valence-electron chi connectivity index (χ0n) is 20.1. The molecule has 8 nitrogen and oxygen atoms in total. The molecular formula is C23H35N5O3S2. The molecule has 2 rings (SSSR count). The second kappa shape index (κ2) is 14.5. The van der Waals surface area contributed by atoms with E-state index in [2.05, 4.69) is 27.4 Å². The van der Waals surface area contributed by atoms with Crippen molar-refractivity contribution in [1.82, 2.24) is 15.2 Å². The number of aromatic nitrogens is 1. The largest absolute Gasteiger partial charge is 0.477 e. The van der Waals surface area contributed by atoms with Crippen LogP contribution >= 0.6 is 22.7 Å². The highest BCUT2D eigenvalue weighted by molar-refractivity contribution is 7.14. The summed E-state index contributed by atoms with van der Waals surface area (Å²) in [4.78, 5) is 30.6. The molecule has 0 aromatic carbocycles. The number of hydrogen-bond donors (Lipinski definition) is 4. The van der Waals surface area contributed by atoms with E-state index in [0.29, 0.717) is 29.0 Å². The fraction of sp³-hybridized carbons (Fsp3) is 0.435. The maximum atomic E-state index is 12.8. The van der Waals surface area contributed by atoms with Gasteiger partial charge in [-0.1, -0.05) is 26.8 Å². The number of nitrogens with two attached hydrogens (primary N) is 1. The molecule has 2 aromatic rings. The molecule has 33 heavy (non-hydrogen) atoms. The van der Waals surface area contributed by atoms with E-state index in [1.807, 2.05) is 46.9 Å². The van der Waals surface area contributed by atoms with E-state index in [4.69, 9.17) is 5.73 Å². The minimum Gasteiger partial charge on any atom is -0.477 e. The van der Waals surface area contributed by atoms with Gasteiger partial charge in [0.25, 0.3) is 5.91 Å². The first-order valence-electron chi connectivity index (χ1n) is 10.9. The maximum Gasteiger partial charge on any atom is 0.348 e. The van der Waals surface area contributed by atoms with Gasteiger partial charge in [0, 0.05) is 24.7 Å². The minimum absolute atomic E-state index is 0.196. The summed E-state index contributed by atoms with van der Waals surface area (Å²) in [5.41, 5.74) is 8.05. The number of hydrogen-bond acceptors (Lipinski definition) is 8. The maximum absolute atomic E-state index is 12.8. The number of rotatable bonds is 11. The van der Waals surface area contributed by atoms with Crippen molar-refractivity contribution in [2.45, 2.75) is 41.0 Å². The minimum atomic E-state index is -1.01. The lowest BCUT2D eigenvalue weighted by atomic mass is 10.1. The van der Waals surface area contributed by atoms with Crippen LogP contribution in [-0.4, -0.2) is 47.0 Å². The van der Waals surface area contributed by atoms with E-state index in [1.54, 1.807) is 16.8 Å². The number of thiazole rings is 1. The second-order valence-corrected chi connectivity index (χ2v) is 8.91. The Labute approximate surface area is 204 Å². The van der Waals surface area contributed by atoms with Crippen molar-refractivity contribution in [3.05, 3.63) is 50.9 Å². The van der Waals surface area contributed by atoms with E-state index in [9.17, 15) is 14.7 Å². The molecule has 0 bridgehead atoms. The van der Waals surface area contributed by atoms with Crippen LogP contribution in [0.4, 0.5) is 10.8 Å². The Bertz CT molecular complexity index is 965. The topological polar surface area (TPSA) is 121 Å². The Hall–Kier alpha value is -2.69. The highest BCUT2D eigenvalue weighted by Gasteiger charge is 2.17. The Morgan fingerprint density at radius 3 is 2.64 bits per heavy atom. The van der Waals surface area contributed by atoms with Crippen molar-refractivity contribution in [2.24, 2.45) is 11.7 Å². The van der Waals surface area contributed by atoms with Crippen LogP contribution in [-0.2, 0) is 0 Å². The van der Waals surface area contributed by atoms with Crippen LogP contribution in [0.25, 0.3) is 0 Å². The van der Waals surface area contributed by atoms with Crippen LogP contribution in [0.1, 0.15) is 61.2 Å². The molecule has 0 aliphatic heterocycles. The van der Waals surface area contributed by atoms with Gasteiger partial charge >= 0.3 is 5.97 Å². The average Bonchev–Trinajstić information content (AvgIpc) is 3.47. The van der Waals surface area contributed by atoms with Gasteiger partial charge in [-0.2, -0.15) is 0 Å². The Morgan fingerprint density at radius 1 is 1.33 bits per heavy atom. The highest BCUT2D eigenvalue weighted by Crippen LogP contribution is 2.27. The van der Waals surface area contributed by atoms with Gasteiger partial charge in [0.15, 0.2) is 5.13 Å². The van der Waals surface area contributed by atoms with Gasteiger partial charge in [0.2, 0.25) is 0 Å². The number of allylic oxidation sites excluding steroid dienone is 3. The first kappa shape index (κ1) is 28.3. The quantitative estimate of drug-likeness (QED) is 0.320. The molecule has 182 valence electrons. The van der Waals surface area contributed by atoms with Gasteiger partial charge in [0.05, 0.1) is 11.4 Å². The number of carbonyl (C=O) groups is 2. The second-order valence-electron chi connectivity index (χ2n) is 7.14. The van der Waals surface area contributed by atoms with Crippen LogP contribution in [0, 0.1) is 5.92 Å². The lowest BCUT2D eigenvalue weighted by Crippen LogP contribution is -2.28. The molecule has 1 unspecified atom stereocenters. The van der Waals surface area contributed by atoms with Gasteiger partial charge in [-0.05, 0) is 50.3 Å². The molecular weight excluding hydrogens is 458 g/mol. The summed E-state index contributed by atoms with van der Waals surface area (Å²) >= 11 is 2.36. The van der Waals surface area contributed by atoms with Crippen LogP contribution in [0.15, 0.2) is 40.4 Å². The normalized spacial score (nSPS) is 12.5. The number of carboxylic acid groups (broad SMARTS) is 1. The number of nitrogens with one attached hydrogen (secondary N) is 2. The number of carboxylic acids is 1. The Kier molecular flexibility index (Phi) is 12.4. The molecule has 0 spiro atoms. The van der Waals surface area contributed by atoms with Crippen LogP contribution in [0.3, 0.4) is 0 Å². The number of nitrogens with zero attached hydrogens (tertiary/aromatic N) is 2. The van der Waals surface area contributed by atoms with Crippen molar-refractivity contribution < 1.29 is 14.7 Å². The summed E-state index contributed by atoms with van der Waals surface area (Å²) in [5.74, 6) is -0.904. The number of anilines is 2. The van der Waals surface area contributed by atoms with Crippen LogP contribution in [0.5, 0.6) is 0 Å². The van der Waals surface area contributed by atoms with Gasteiger partial charge < -0.3 is 26.4 Å². The molecule has 10 heteroatoms. The number of carbonyl (C=O) groups excluding carboxylic acids is 1. The van der Waals surface area contributed by atoms with Gasteiger partial charge in [-0.3, -0.25) is 4.79 Å². The predicted molar refractivity (Wildman–Crippen MR) is 138 cm³/mol. The monoisotopic (exact) mass is 493 g/mol. The Balaban J connectivity index is 0.00000265. The lowest BCUT2D eigenvalue weighted by molar-refractivity contribution is 0.0703. The van der Waals surface area contributed by atoms with Crippen molar-refractivity contribution in [3.8, 4) is 0 Å². The lowest BCUT2D eigenvalue weighted by Gasteiger charge is -2.24. The molecule has 0 saturated carbocycles. The molecule has 0 aliphatic carbocycles. The predicted octanol–water partition coefficient (Wildman–Crippen LogP) is 5.13. The molecule has 1 amide bonds. The van der Waals surface area contributed by atoms with Crippen molar-refractivity contribution >= 4 is 45.4 Å². The van der Waals surface area contributed by atoms with Crippen molar-refractivity contribution in [3.63, 3.8) is 0 Å². The van der Waals surface area contributed by atoms with E-state index in [0.717, 1.165) is 30.0 Å². The van der Waals surface area contributed by atoms with Crippen LogP contribution < -0.4 is 16.4 Å². The third-order valence-electron chi connectivity index (χ3n) is 4.74. The van der Waals surface area contributed by atoms with E-state index in [-0.39, 0.29) is 16.5 Å². The average molecular weight is 494 g/mol. The van der Waals surface area contributed by atoms with Crippen molar-refractivity contribution in [2.75, 3.05) is 25.5 Å². The van der Waals surface area contributed by atoms with Crippen LogP contribution in [0.2, 0.25) is 0 Å². The van der Waals surface area contributed by atoms with Gasteiger partial charge in [-0.15, -0.1) is 22.7 Å². The fourth-order valence-corrected chi connectivity index (χ4v) is 4.02. The number of amides is 1. The Morgan fingerprint density at radius 2 is 2.03 bits per heavy atom. The summed E-state index contributed by atoms with van der Waals surface area (Å²) in [6.07, 6.45) is 4.68. The molecule has 0 fully saturated rings. The third-order valence-corrected chi connectivity index (χ3v) is 6.40. The standard InChI is InChI=1S/C21H29N5O3S2.C2H6/c1-5-6-15(14(3)26(4)9-7-13(2)11-22)23-19(27)17-12-31-21(25-17)24-16-8-10-30-18(16)20(28)29;1-2/h5-6,8,10,12-13H,7,9,11,22H2,1-4H3,(H,23,27)(H,24,25)(H,28,29);1-2H3/b6-5-,15-14-;. The van der Waals surface area contributed by atoms with E-state index >= 15 is 0 Å². The summed E-state index contributed by atoms with van der Waals surface area (Å²) < 4.78 is 0. The third kappa shape index (κ3) is 8.64. The molecule has 2 heterocycles.